The Morgan fingerprint density at radius 2 is 2.31 bits per heavy atom. The standard InChI is InChI=1S/C10H12ClNS/c1-3-13-12-7-9-5-4-8(2)6-10(9)11/h4-7H,3H2,1-2H3/b12-7+. The first-order chi connectivity index (χ1) is 6.24. The topological polar surface area (TPSA) is 12.4 Å². The van der Waals surface area contributed by atoms with Crippen LogP contribution >= 0.6 is 23.5 Å². The Bertz CT molecular complexity index is 310. The zero-order valence-corrected chi connectivity index (χ0v) is 9.32. The molecule has 0 aromatic heterocycles. The van der Waals surface area contributed by atoms with Crippen molar-refractivity contribution in [3.05, 3.63) is 34.3 Å². The molecular weight excluding hydrogens is 202 g/mol. The number of halogens is 1. The first kappa shape index (κ1) is 10.6. The molecule has 0 aliphatic heterocycles. The van der Waals surface area contributed by atoms with Crippen LogP contribution in [0.15, 0.2) is 22.6 Å². The van der Waals surface area contributed by atoms with Crippen molar-refractivity contribution >= 4 is 29.8 Å². The molecule has 3 heteroatoms. The lowest BCUT2D eigenvalue weighted by atomic mass is 10.2. The summed E-state index contributed by atoms with van der Waals surface area (Å²) in [5, 5.41) is 0.764. The van der Waals surface area contributed by atoms with Gasteiger partial charge in [-0.15, -0.1) is 0 Å². The van der Waals surface area contributed by atoms with Gasteiger partial charge in [0.15, 0.2) is 0 Å². The van der Waals surface area contributed by atoms with E-state index in [4.69, 9.17) is 11.6 Å². The van der Waals surface area contributed by atoms with E-state index in [2.05, 4.69) is 11.3 Å². The summed E-state index contributed by atoms with van der Waals surface area (Å²) in [7, 11) is 0. The van der Waals surface area contributed by atoms with E-state index in [-0.39, 0.29) is 0 Å². The second kappa shape index (κ2) is 5.30. The number of nitrogens with zero attached hydrogens (tertiary/aromatic N) is 1. The van der Waals surface area contributed by atoms with Crippen LogP contribution in [-0.4, -0.2) is 12.0 Å². The minimum atomic E-state index is 0.764. The van der Waals surface area contributed by atoms with Gasteiger partial charge >= 0.3 is 0 Å². The number of benzene rings is 1. The smallest absolute Gasteiger partial charge is 0.0496 e. The molecule has 0 atom stereocenters. The summed E-state index contributed by atoms with van der Waals surface area (Å²) >= 11 is 7.53. The van der Waals surface area contributed by atoms with Gasteiger partial charge in [0.25, 0.3) is 0 Å². The second-order valence-corrected chi connectivity index (χ2v) is 4.13. The van der Waals surface area contributed by atoms with Crippen LogP contribution in [0.1, 0.15) is 18.1 Å². The Labute approximate surface area is 88.3 Å². The highest BCUT2D eigenvalue weighted by Crippen LogP contribution is 2.16. The molecule has 1 rings (SSSR count). The number of hydrogen-bond acceptors (Lipinski definition) is 2. The normalized spacial score (nSPS) is 11.0. The fourth-order valence-electron chi connectivity index (χ4n) is 0.905. The predicted molar refractivity (Wildman–Crippen MR) is 61.9 cm³/mol. The summed E-state index contributed by atoms with van der Waals surface area (Å²) in [5.74, 6) is 0.986. The van der Waals surface area contributed by atoms with Gasteiger partial charge in [-0.1, -0.05) is 30.7 Å². The van der Waals surface area contributed by atoms with E-state index in [1.807, 2.05) is 25.1 Å². The van der Waals surface area contributed by atoms with Gasteiger partial charge in [0.05, 0.1) is 0 Å². The maximum absolute atomic E-state index is 6.01. The Hall–Kier alpha value is -0.470. The van der Waals surface area contributed by atoms with E-state index in [9.17, 15) is 0 Å². The Morgan fingerprint density at radius 1 is 1.54 bits per heavy atom. The van der Waals surface area contributed by atoms with Crippen molar-refractivity contribution in [2.45, 2.75) is 13.8 Å². The molecule has 70 valence electrons. The summed E-state index contributed by atoms with van der Waals surface area (Å²) in [6.45, 7) is 4.09. The van der Waals surface area contributed by atoms with Gasteiger partial charge in [-0.2, -0.15) is 0 Å². The van der Waals surface area contributed by atoms with Crippen LogP contribution in [0.5, 0.6) is 0 Å². The van der Waals surface area contributed by atoms with Gasteiger partial charge in [-0.3, -0.25) is 0 Å². The van der Waals surface area contributed by atoms with Crippen LogP contribution in [0.2, 0.25) is 5.02 Å². The van der Waals surface area contributed by atoms with E-state index >= 15 is 0 Å². The molecule has 0 bridgehead atoms. The van der Waals surface area contributed by atoms with Crippen LogP contribution in [0, 0.1) is 6.92 Å². The molecule has 1 nitrogen and oxygen atoms in total. The molecule has 0 aliphatic carbocycles. The third-order valence-corrected chi connectivity index (χ3v) is 2.39. The van der Waals surface area contributed by atoms with Crippen molar-refractivity contribution in [1.29, 1.82) is 0 Å². The molecule has 1 aromatic rings. The molecule has 0 unspecified atom stereocenters. The van der Waals surface area contributed by atoms with Crippen molar-refractivity contribution in [2.75, 3.05) is 5.75 Å². The number of hydrogen-bond donors (Lipinski definition) is 0. The minimum absolute atomic E-state index is 0.764. The van der Waals surface area contributed by atoms with Crippen LogP contribution in [0.3, 0.4) is 0 Å². The summed E-state index contributed by atoms with van der Waals surface area (Å²) in [6, 6.07) is 5.96. The van der Waals surface area contributed by atoms with Crippen LogP contribution < -0.4 is 0 Å². The molecule has 0 N–H and O–H groups in total. The van der Waals surface area contributed by atoms with Crippen molar-refractivity contribution in [3.8, 4) is 0 Å². The SMILES string of the molecule is CCS/N=C/c1ccc(C)cc1Cl. The fourth-order valence-corrected chi connectivity index (χ4v) is 1.53. The minimum Gasteiger partial charge on any atom is -0.224 e. The molecule has 0 saturated carbocycles. The van der Waals surface area contributed by atoms with E-state index in [0.29, 0.717) is 0 Å². The lowest BCUT2D eigenvalue weighted by Gasteiger charge is -1.98. The van der Waals surface area contributed by atoms with Crippen LogP contribution in [-0.2, 0) is 0 Å². The second-order valence-electron chi connectivity index (χ2n) is 2.68. The molecule has 0 spiro atoms. The van der Waals surface area contributed by atoms with Gasteiger partial charge in [-0.25, -0.2) is 4.40 Å². The quantitative estimate of drug-likeness (QED) is 0.551. The van der Waals surface area contributed by atoms with E-state index < -0.39 is 0 Å². The monoisotopic (exact) mass is 213 g/mol. The van der Waals surface area contributed by atoms with Crippen LogP contribution in [0.4, 0.5) is 0 Å². The third kappa shape index (κ3) is 3.41. The average molecular weight is 214 g/mol. The molecule has 0 heterocycles. The summed E-state index contributed by atoms with van der Waals surface area (Å²) in [6.07, 6.45) is 1.80. The molecule has 13 heavy (non-hydrogen) atoms. The zero-order valence-electron chi connectivity index (χ0n) is 7.75. The maximum Gasteiger partial charge on any atom is 0.0496 e. The van der Waals surface area contributed by atoms with E-state index in [0.717, 1.165) is 16.3 Å². The van der Waals surface area contributed by atoms with Crippen molar-refractivity contribution in [2.24, 2.45) is 4.40 Å². The molecule has 0 radical (unpaired) electrons. The van der Waals surface area contributed by atoms with Crippen molar-refractivity contribution in [3.63, 3.8) is 0 Å². The highest BCUT2D eigenvalue weighted by molar-refractivity contribution is 7.98. The lowest BCUT2D eigenvalue weighted by Crippen LogP contribution is -1.83. The van der Waals surface area contributed by atoms with Crippen LogP contribution in [0.25, 0.3) is 0 Å². The van der Waals surface area contributed by atoms with Gasteiger partial charge in [0, 0.05) is 22.6 Å². The van der Waals surface area contributed by atoms with Gasteiger partial charge < -0.3 is 0 Å². The molecule has 0 aliphatic rings. The summed E-state index contributed by atoms with van der Waals surface area (Å²) in [4.78, 5) is 0. The fraction of sp³-hybridized carbons (Fsp3) is 0.300. The van der Waals surface area contributed by atoms with Crippen molar-refractivity contribution in [1.82, 2.24) is 0 Å². The number of rotatable bonds is 3. The van der Waals surface area contributed by atoms with Gasteiger partial charge in [0.2, 0.25) is 0 Å². The Kier molecular flexibility index (Phi) is 4.33. The Morgan fingerprint density at radius 3 is 2.92 bits per heavy atom. The first-order valence-corrected chi connectivity index (χ1v) is 5.47. The molecule has 1 aromatic carbocycles. The van der Waals surface area contributed by atoms with E-state index in [1.165, 1.54) is 17.5 Å². The van der Waals surface area contributed by atoms with Gasteiger partial charge in [0.1, 0.15) is 0 Å². The maximum atomic E-state index is 6.01. The molecule has 0 saturated heterocycles. The third-order valence-electron chi connectivity index (χ3n) is 1.55. The zero-order chi connectivity index (χ0) is 9.68. The van der Waals surface area contributed by atoms with Gasteiger partial charge in [-0.05, 0) is 30.5 Å². The predicted octanol–water partition coefficient (Wildman–Crippen LogP) is 3.74. The Balaban J connectivity index is 2.77. The number of aryl methyl sites for hydroxylation is 1. The average Bonchev–Trinajstić information content (AvgIpc) is 2.09. The van der Waals surface area contributed by atoms with Crippen molar-refractivity contribution < 1.29 is 0 Å². The summed E-state index contributed by atoms with van der Waals surface area (Å²) < 4.78 is 4.16. The summed E-state index contributed by atoms with van der Waals surface area (Å²) in [5.41, 5.74) is 2.15. The highest BCUT2D eigenvalue weighted by atomic mass is 35.5. The highest BCUT2D eigenvalue weighted by Gasteiger charge is 1.96. The molecule has 0 amide bonds. The van der Waals surface area contributed by atoms with E-state index in [1.54, 1.807) is 6.21 Å². The first-order valence-electron chi connectivity index (χ1n) is 4.15. The molecular formula is C10H12ClNS. The molecule has 0 fully saturated rings. The lowest BCUT2D eigenvalue weighted by molar-refractivity contribution is 1.46. The largest absolute Gasteiger partial charge is 0.224 e.